The first-order valence-electron chi connectivity index (χ1n) is 8.77. The molecule has 3 rings (SSSR count). The number of nitrogens with zero attached hydrogens (tertiary/aromatic N) is 1. The molecule has 0 spiro atoms. The molecular weight excluding hydrogens is 337 g/mol. The molecular formula is C19H24FN3O3. The number of ether oxygens (including phenoxy) is 1. The molecule has 0 aliphatic carbocycles. The number of piperidine rings is 1. The molecule has 2 N–H and O–H groups in total. The van der Waals surface area contributed by atoms with Crippen molar-refractivity contribution in [2.75, 3.05) is 33.4 Å². The summed E-state index contributed by atoms with van der Waals surface area (Å²) >= 11 is 0. The summed E-state index contributed by atoms with van der Waals surface area (Å²) in [4.78, 5) is 16.6. The van der Waals surface area contributed by atoms with Crippen molar-refractivity contribution in [3.63, 3.8) is 0 Å². The minimum absolute atomic E-state index is 0.0151. The molecule has 1 fully saturated rings. The molecule has 0 bridgehead atoms. The normalized spacial score (nSPS) is 16.4. The Labute approximate surface area is 152 Å². The second-order valence-corrected chi connectivity index (χ2v) is 6.79. The number of hydrogen-bond acceptors (Lipinski definition) is 5. The fourth-order valence-corrected chi connectivity index (χ4v) is 3.26. The standard InChI is InChI=1S/C19H24FN3O3/c1-25-13-19(6-8-21-9-7-19)12-22-17(24)10-16-11-26-18(23-16)14-2-4-15(20)5-3-14/h2-5,11,21H,6-10,12-13H2,1H3,(H,22,24). The zero-order chi connectivity index (χ0) is 18.4. The largest absolute Gasteiger partial charge is 0.444 e. The van der Waals surface area contributed by atoms with E-state index in [1.807, 2.05) is 0 Å². The number of halogens is 1. The topological polar surface area (TPSA) is 76.4 Å². The van der Waals surface area contributed by atoms with Crippen LogP contribution in [0.3, 0.4) is 0 Å². The van der Waals surface area contributed by atoms with Crippen molar-refractivity contribution in [1.82, 2.24) is 15.6 Å². The van der Waals surface area contributed by atoms with Gasteiger partial charge in [0.15, 0.2) is 0 Å². The summed E-state index contributed by atoms with van der Waals surface area (Å²) in [7, 11) is 1.69. The van der Waals surface area contributed by atoms with Gasteiger partial charge in [-0.1, -0.05) is 0 Å². The number of methoxy groups -OCH3 is 1. The molecule has 26 heavy (non-hydrogen) atoms. The van der Waals surface area contributed by atoms with Crippen LogP contribution in [-0.2, 0) is 16.0 Å². The Morgan fingerprint density at radius 2 is 2.08 bits per heavy atom. The Bertz CT molecular complexity index is 718. The monoisotopic (exact) mass is 361 g/mol. The first-order chi connectivity index (χ1) is 12.6. The van der Waals surface area contributed by atoms with Gasteiger partial charge in [-0.15, -0.1) is 0 Å². The van der Waals surface area contributed by atoms with Gasteiger partial charge in [-0.3, -0.25) is 4.79 Å². The van der Waals surface area contributed by atoms with E-state index in [-0.39, 0.29) is 23.6 Å². The molecule has 0 atom stereocenters. The van der Waals surface area contributed by atoms with E-state index >= 15 is 0 Å². The summed E-state index contributed by atoms with van der Waals surface area (Å²) in [6, 6.07) is 5.88. The smallest absolute Gasteiger partial charge is 0.226 e. The highest BCUT2D eigenvalue weighted by Crippen LogP contribution is 2.28. The summed E-state index contributed by atoms with van der Waals surface area (Å²) in [6.45, 7) is 3.09. The molecule has 0 unspecified atom stereocenters. The van der Waals surface area contributed by atoms with Crippen molar-refractivity contribution in [3.8, 4) is 11.5 Å². The summed E-state index contributed by atoms with van der Waals surface area (Å²) in [5, 5.41) is 6.34. The summed E-state index contributed by atoms with van der Waals surface area (Å²) in [5.74, 6) is -0.0391. The van der Waals surface area contributed by atoms with Crippen LogP contribution in [0.25, 0.3) is 11.5 Å². The van der Waals surface area contributed by atoms with E-state index in [1.165, 1.54) is 18.4 Å². The van der Waals surface area contributed by atoms with Crippen LogP contribution in [0, 0.1) is 11.2 Å². The maximum Gasteiger partial charge on any atom is 0.226 e. The van der Waals surface area contributed by atoms with E-state index in [2.05, 4.69) is 15.6 Å². The van der Waals surface area contributed by atoms with Gasteiger partial charge in [-0.2, -0.15) is 0 Å². The molecule has 140 valence electrons. The summed E-state index contributed by atoms with van der Waals surface area (Å²) in [5.41, 5.74) is 1.21. The number of carbonyl (C=O) groups excluding carboxylic acids is 1. The van der Waals surface area contributed by atoms with E-state index in [4.69, 9.17) is 9.15 Å². The second-order valence-electron chi connectivity index (χ2n) is 6.79. The second kappa shape index (κ2) is 8.42. The Morgan fingerprint density at radius 3 is 2.77 bits per heavy atom. The fraction of sp³-hybridized carbons (Fsp3) is 0.474. The summed E-state index contributed by atoms with van der Waals surface area (Å²) < 4.78 is 23.8. The molecule has 1 amide bonds. The van der Waals surface area contributed by atoms with E-state index in [9.17, 15) is 9.18 Å². The lowest BCUT2D eigenvalue weighted by atomic mass is 9.79. The number of carbonyl (C=O) groups is 1. The number of benzene rings is 1. The van der Waals surface area contributed by atoms with Crippen LogP contribution in [0.1, 0.15) is 18.5 Å². The van der Waals surface area contributed by atoms with Crippen molar-refractivity contribution in [2.24, 2.45) is 5.41 Å². The van der Waals surface area contributed by atoms with Crippen molar-refractivity contribution in [3.05, 3.63) is 42.0 Å². The minimum atomic E-state index is -0.317. The predicted octanol–water partition coefficient (Wildman–Crippen LogP) is 2.16. The number of nitrogens with one attached hydrogen (secondary N) is 2. The Morgan fingerprint density at radius 1 is 1.35 bits per heavy atom. The van der Waals surface area contributed by atoms with Gasteiger partial charge in [0.05, 0.1) is 18.7 Å². The van der Waals surface area contributed by atoms with Gasteiger partial charge in [0.1, 0.15) is 12.1 Å². The van der Waals surface area contributed by atoms with Crippen LogP contribution in [0.4, 0.5) is 4.39 Å². The lowest BCUT2D eigenvalue weighted by molar-refractivity contribution is -0.121. The van der Waals surface area contributed by atoms with Crippen LogP contribution in [-0.4, -0.2) is 44.2 Å². The average Bonchev–Trinajstić information content (AvgIpc) is 3.10. The molecule has 1 saturated heterocycles. The lowest BCUT2D eigenvalue weighted by Crippen LogP contribution is -2.47. The van der Waals surface area contributed by atoms with Gasteiger partial charge >= 0.3 is 0 Å². The summed E-state index contributed by atoms with van der Waals surface area (Å²) in [6.07, 6.45) is 3.55. The highest BCUT2D eigenvalue weighted by atomic mass is 19.1. The first-order valence-corrected chi connectivity index (χ1v) is 8.77. The Balaban J connectivity index is 1.55. The van der Waals surface area contributed by atoms with E-state index < -0.39 is 0 Å². The molecule has 7 heteroatoms. The highest BCUT2D eigenvalue weighted by molar-refractivity contribution is 5.78. The van der Waals surface area contributed by atoms with Crippen molar-refractivity contribution in [2.45, 2.75) is 19.3 Å². The van der Waals surface area contributed by atoms with Crippen LogP contribution in [0.15, 0.2) is 34.9 Å². The van der Waals surface area contributed by atoms with Gasteiger partial charge in [0, 0.05) is 24.6 Å². The van der Waals surface area contributed by atoms with E-state index in [1.54, 1.807) is 19.2 Å². The zero-order valence-electron chi connectivity index (χ0n) is 14.9. The van der Waals surface area contributed by atoms with Gasteiger partial charge in [0.25, 0.3) is 0 Å². The third-order valence-electron chi connectivity index (χ3n) is 4.76. The van der Waals surface area contributed by atoms with Crippen molar-refractivity contribution >= 4 is 5.91 Å². The van der Waals surface area contributed by atoms with Crippen LogP contribution >= 0.6 is 0 Å². The van der Waals surface area contributed by atoms with Crippen LogP contribution in [0.2, 0.25) is 0 Å². The van der Waals surface area contributed by atoms with Crippen molar-refractivity contribution < 1.29 is 18.3 Å². The number of aromatic nitrogens is 1. The average molecular weight is 361 g/mol. The number of hydrogen-bond donors (Lipinski definition) is 2. The molecule has 2 heterocycles. The SMILES string of the molecule is COCC1(CNC(=O)Cc2coc(-c3ccc(F)cc3)n2)CCNCC1. The Kier molecular flexibility index (Phi) is 6.00. The fourth-order valence-electron chi connectivity index (χ4n) is 3.26. The van der Waals surface area contributed by atoms with Crippen LogP contribution in [0.5, 0.6) is 0 Å². The van der Waals surface area contributed by atoms with Crippen molar-refractivity contribution in [1.29, 1.82) is 0 Å². The Hall–Kier alpha value is -2.25. The number of oxazole rings is 1. The van der Waals surface area contributed by atoms with E-state index in [0.29, 0.717) is 30.3 Å². The molecule has 1 aliphatic rings. The predicted molar refractivity (Wildman–Crippen MR) is 95.0 cm³/mol. The molecule has 6 nitrogen and oxygen atoms in total. The quantitative estimate of drug-likeness (QED) is 0.790. The van der Waals surface area contributed by atoms with Gasteiger partial charge in [-0.25, -0.2) is 9.37 Å². The molecule has 2 aromatic rings. The van der Waals surface area contributed by atoms with Gasteiger partial charge in [0.2, 0.25) is 11.8 Å². The molecule has 1 aromatic carbocycles. The van der Waals surface area contributed by atoms with Gasteiger partial charge in [-0.05, 0) is 50.2 Å². The third kappa shape index (κ3) is 4.68. The molecule has 1 aliphatic heterocycles. The highest BCUT2D eigenvalue weighted by Gasteiger charge is 2.32. The van der Waals surface area contributed by atoms with Crippen LogP contribution < -0.4 is 10.6 Å². The molecule has 0 radical (unpaired) electrons. The third-order valence-corrected chi connectivity index (χ3v) is 4.76. The number of amides is 1. The maximum atomic E-state index is 13.0. The number of rotatable bonds is 7. The minimum Gasteiger partial charge on any atom is -0.444 e. The molecule has 1 aromatic heterocycles. The van der Waals surface area contributed by atoms with E-state index in [0.717, 1.165) is 25.9 Å². The zero-order valence-corrected chi connectivity index (χ0v) is 14.9. The first kappa shape index (κ1) is 18.5. The molecule has 0 saturated carbocycles. The lowest BCUT2D eigenvalue weighted by Gasteiger charge is -2.37. The maximum absolute atomic E-state index is 13.0. The van der Waals surface area contributed by atoms with Gasteiger partial charge < -0.3 is 19.8 Å².